The third-order valence-corrected chi connectivity index (χ3v) is 4.10. The Kier molecular flexibility index (Phi) is 7.18. The van der Waals surface area contributed by atoms with Crippen LogP contribution in [-0.4, -0.2) is 52.0 Å². The van der Waals surface area contributed by atoms with Crippen LogP contribution in [0.15, 0.2) is 29.3 Å². The largest absolute Gasteiger partial charge is 0.497 e. The second-order valence-electron chi connectivity index (χ2n) is 6.13. The highest BCUT2D eigenvalue weighted by Crippen LogP contribution is 2.23. The van der Waals surface area contributed by atoms with E-state index in [1.54, 1.807) is 14.2 Å². The summed E-state index contributed by atoms with van der Waals surface area (Å²) in [5, 5.41) is 6.63. The Labute approximate surface area is 144 Å². The second kappa shape index (κ2) is 9.37. The topological polar surface area (TPSA) is 64.1 Å². The number of methoxy groups -OCH3 is 1. The predicted molar refractivity (Wildman–Crippen MR) is 96.1 cm³/mol. The van der Waals surface area contributed by atoms with Crippen molar-refractivity contribution in [3.05, 3.63) is 24.3 Å². The van der Waals surface area contributed by atoms with E-state index in [0.29, 0.717) is 6.61 Å². The average molecular weight is 335 g/mol. The highest BCUT2D eigenvalue weighted by molar-refractivity contribution is 5.79. The molecule has 134 valence electrons. The number of ether oxygens (including phenoxy) is 3. The lowest BCUT2D eigenvalue weighted by Crippen LogP contribution is -2.45. The van der Waals surface area contributed by atoms with E-state index in [2.05, 4.69) is 22.5 Å². The van der Waals surface area contributed by atoms with Crippen LogP contribution in [0.3, 0.4) is 0 Å². The summed E-state index contributed by atoms with van der Waals surface area (Å²) in [7, 11) is 3.43. The molecule has 1 saturated heterocycles. The van der Waals surface area contributed by atoms with Gasteiger partial charge < -0.3 is 24.8 Å². The first-order valence-electron chi connectivity index (χ1n) is 8.50. The van der Waals surface area contributed by atoms with E-state index in [9.17, 15) is 0 Å². The van der Waals surface area contributed by atoms with Crippen molar-refractivity contribution in [2.75, 3.05) is 40.5 Å². The first-order valence-corrected chi connectivity index (χ1v) is 8.50. The molecule has 0 aromatic heterocycles. The van der Waals surface area contributed by atoms with Gasteiger partial charge >= 0.3 is 0 Å². The molecule has 0 bridgehead atoms. The lowest BCUT2D eigenvalue weighted by Gasteiger charge is -2.24. The second-order valence-corrected chi connectivity index (χ2v) is 6.13. The highest BCUT2D eigenvalue weighted by Gasteiger charge is 2.29. The lowest BCUT2D eigenvalue weighted by molar-refractivity contribution is 0.0243. The van der Waals surface area contributed by atoms with Crippen molar-refractivity contribution in [2.45, 2.75) is 31.8 Å². The molecule has 0 saturated carbocycles. The monoisotopic (exact) mass is 335 g/mol. The lowest BCUT2D eigenvalue weighted by atomic mass is 10.0. The van der Waals surface area contributed by atoms with Gasteiger partial charge in [-0.1, -0.05) is 0 Å². The van der Waals surface area contributed by atoms with Crippen LogP contribution in [-0.2, 0) is 4.74 Å². The summed E-state index contributed by atoms with van der Waals surface area (Å²) in [5.41, 5.74) is -0.0743. The van der Waals surface area contributed by atoms with Gasteiger partial charge in [0.1, 0.15) is 11.5 Å². The molecular weight excluding hydrogens is 306 g/mol. The van der Waals surface area contributed by atoms with Crippen LogP contribution in [0.5, 0.6) is 11.5 Å². The molecule has 1 fully saturated rings. The summed E-state index contributed by atoms with van der Waals surface area (Å²) in [4.78, 5) is 4.24. The Bertz CT molecular complexity index is 511. The van der Waals surface area contributed by atoms with Crippen LogP contribution in [0.2, 0.25) is 0 Å². The van der Waals surface area contributed by atoms with Crippen LogP contribution in [0.4, 0.5) is 0 Å². The number of guanidine groups is 1. The number of benzene rings is 1. The van der Waals surface area contributed by atoms with Crippen molar-refractivity contribution in [1.82, 2.24) is 10.6 Å². The SMILES string of the molecule is CN=C(NCCCOc1ccc(OC)cc1)NCC1(C)CCCO1. The molecule has 6 nitrogen and oxygen atoms in total. The first-order chi connectivity index (χ1) is 11.6. The molecule has 0 radical (unpaired) electrons. The maximum absolute atomic E-state index is 5.77. The smallest absolute Gasteiger partial charge is 0.191 e. The number of hydrogen-bond donors (Lipinski definition) is 2. The molecule has 1 aliphatic rings. The molecule has 1 aromatic rings. The zero-order valence-electron chi connectivity index (χ0n) is 14.9. The fourth-order valence-electron chi connectivity index (χ4n) is 2.61. The molecule has 1 atom stereocenters. The van der Waals surface area contributed by atoms with Gasteiger partial charge in [0.15, 0.2) is 5.96 Å². The molecule has 2 rings (SSSR count). The van der Waals surface area contributed by atoms with Crippen LogP contribution in [0.25, 0.3) is 0 Å². The summed E-state index contributed by atoms with van der Waals surface area (Å²) in [6.45, 7) is 5.22. The number of nitrogens with one attached hydrogen (secondary N) is 2. The van der Waals surface area contributed by atoms with E-state index in [1.807, 2.05) is 24.3 Å². The third-order valence-electron chi connectivity index (χ3n) is 4.10. The van der Waals surface area contributed by atoms with E-state index >= 15 is 0 Å². The molecule has 0 amide bonds. The minimum absolute atomic E-state index is 0.0743. The maximum atomic E-state index is 5.77. The van der Waals surface area contributed by atoms with Crippen molar-refractivity contribution < 1.29 is 14.2 Å². The van der Waals surface area contributed by atoms with Gasteiger partial charge in [0.05, 0.1) is 19.3 Å². The Hall–Kier alpha value is -1.95. The van der Waals surface area contributed by atoms with Crippen LogP contribution >= 0.6 is 0 Å². The van der Waals surface area contributed by atoms with Crippen LogP contribution in [0, 0.1) is 0 Å². The van der Waals surface area contributed by atoms with Gasteiger partial charge in [-0.15, -0.1) is 0 Å². The molecule has 1 heterocycles. The van der Waals surface area contributed by atoms with E-state index in [4.69, 9.17) is 14.2 Å². The molecule has 1 aromatic carbocycles. The summed E-state index contributed by atoms with van der Waals surface area (Å²) in [5.74, 6) is 2.49. The normalized spacial score (nSPS) is 20.7. The Morgan fingerprint density at radius 2 is 2.00 bits per heavy atom. The Morgan fingerprint density at radius 1 is 1.25 bits per heavy atom. The van der Waals surface area contributed by atoms with Crippen molar-refractivity contribution >= 4 is 5.96 Å². The van der Waals surface area contributed by atoms with E-state index in [0.717, 1.165) is 56.4 Å². The molecular formula is C18H29N3O3. The number of rotatable bonds is 8. The van der Waals surface area contributed by atoms with Gasteiger partial charge in [-0.3, -0.25) is 4.99 Å². The van der Waals surface area contributed by atoms with E-state index in [-0.39, 0.29) is 5.60 Å². The summed E-state index contributed by atoms with van der Waals surface area (Å²) < 4.78 is 16.6. The molecule has 24 heavy (non-hydrogen) atoms. The average Bonchev–Trinajstić information content (AvgIpc) is 3.04. The maximum Gasteiger partial charge on any atom is 0.191 e. The molecule has 2 N–H and O–H groups in total. The fraction of sp³-hybridized carbons (Fsp3) is 0.611. The fourth-order valence-corrected chi connectivity index (χ4v) is 2.61. The summed E-state index contributed by atoms with van der Waals surface area (Å²) in [6.07, 6.45) is 3.11. The van der Waals surface area contributed by atoms with Crippen LogP contribution < -0.4 is 20.1 Å². The Morgan fingerprint density at radius 3 is 2.62 bits per heavy atom. The van der Waals surface area contributed by atoms with Crippen molar-refractivity contribution in [2.24, 2.45) is 4.99 Å². The molecule has 0 aliphatic carbocycles. The number of hydrogen-bond acceptors (Lipinski definition) is 4. The first kappa shape index (κ1) is 18.4. The standard InChI is InChI=1S/C18H29N3O3/c1-18(10-4-13-24-18)14-21-17(19-2)20-11-5-12-23-16-8-6-15(22-3)7-9-16/h6-9H,4-5,10-14H2,1-3H3,(H2,19,20,21). The van der Waals surface area contributed by atoms with Crippen molar-refractivity contribution in [1.29, 1.82) is 0 Å². The van der Waals surface area contributed by atoms with Gasteiger partial charge in [-0.05, 0) is 50.5 Å². The van der Waals surface area contributed by atoms with Crippen molar-refractivity contribution in [3.63, 3.8) is 0 Å². The number of aliphatic imine (C=N–C) groups is 1. The van der Waals surface area contributed by atoms with E-state index < -0.39 is 0 Å². The molecule has 1 unspecified atom stereocenters. The zero-order valence-corrected chi connectivity index (χ0v) is 14.9. The highest BCUT2D eigenvalue weighted by atomic mass is 16.5. The summed E-state index contributed by atoms with van der Waals surface area (Å²) in [6, 6.07) is 7.61. The van der Waals surface area contributed by atoms with Crippen LogP contribution in [0.1, 0.15) is 26.2 Å². The molecule has 1 aliphatic heterocycles. The quantitative estimate of drug-likeness (QED) is 0.433. The van der Waals surface area contributed by atoms with Gasteiger partial charge in [0.25, 0.3) is 0 Å². The van der Waals surface area contributed by atoms with Crippen molar-refractivity contribution in [3.8, 4) is 11.5 Å². The Balaban J connectivity index is 1.59. The predicted octanol–water partition coefficient (Wildman–Crippen LogP) is 2.20. The minimum atomic E-state index is -0.0743. The number of nitrogens with zero attached hydrogens (tertiary/aromatic N) is 1. The summed E-state index contributed by atoms with van der Waals surface area (Å²) >= 11 is 0. The molecule has 0 spiro atoms. The van der Waals surface area contributed by atoms with Gasteiger partial charge in [0, 0.05) is 26.7 Å². The van der Waals surface area contributed by atoms with Gasteiger partial charge in [-0.2, -0.15) is 0 Å². The molecule has 6 heteroatoms. The zero-order chi connectivity index (χ0) is 17.3. The van der Waals surface area contributed by atoms with E-state index in [1.165, 1.54) is 0 Å². The minimum Gasteiger partial charge on any atom is -0.497 e. The van der Waals surface area contributed by atoms with Gasteiger partial charge in [-0.25, -0.2) is 0 Å². The van der Waals surface area contributed by atoms with Gasteiger partial charge in [0.2, 0.25) is 0 Å². The third kappa shape index (κ3) is 5.92.